The van der Waals surface area contributed by atoms with Crippen LogP contribution in [-0.4, -0.2) is 42.5 Å². The Bertz CT molecular complexity index is 767. The van der Waals surface area contributed by atoms with Gasteiger partial charge in [0.05, 0.1) is 0 Å². The van der Waals surface area contributed by atoms with Crippen LogP contribution in [0, 0.1) is 0 Å². The molecule has 4 nitrogen and oxygen atoms in total. The lowest BCUT2D eigenvalue weighted by atomic mass is 9.91. The molecule has 0 saturated carbocycles. The smallest absolute Gasteiger partial charge is 0.241 e. The van der Waals surface area contributed by atoms with Crippen molar-refractivity contribution in [2.75, 3.05) is 26.2 Å². The second-order valence-electron chi connectivity index (χ2n) is 7.20. The number of amides is 1. The van der Waals surface area contributed by atoms with Gasteiger partial charge in [0.2, 0.25) is 5.91 Å². The highest BCUT2D eigenvalue weighted by atomic mass is 35.5. The van der Waals surface area contributed by atoms with E-state index in [4.69, 9.17) is 11.6 Å². The number of hydrogen-bond acceptors (Lipinski definition) is 3. The number of carbonyl (C=O) groups excluding carboxylic acids is 1. The third-order valence-electron chi connectivity index (χ3n) is 5.60. The molecule has 2 N–H and O–H groups in total. The largest absolute Gasteiger partial charge is 0.350 e. The van der Waals surface area contributed by atoms with Crippen LogP contribution >= 0.6 is 36.4 Å². The van der Waals surface area contributed by atoms with E-state index in [1.165, 1.54) is 11.1 Å². The van der Waals surface area contributed by atoms with Gasteiger partial charge in [-0.25, -0.2) is 0 Å². The highest BCUT2D eigenvalue weighted by Gasteiger charge is 2.48. The molecular weight excluding hydrogens is 417 g/mol. The van der Waals surface area contributed by atoms with Crippen LogP contribution in [0.25, 0.3) is 0 Å². The Balaban J connectivity index is 0.00000140. The molecule has 1 saturated heterocycles. The number of benzene rings is 2. The van der Waals surface area contributed by atoms with E-state index in [2.05, 4.69) is 39.8 Å². The molecule has 0 aromatic heterocycles. The number of rotatable bonds is 4. The molecule has 1 heterocycles. The van der Waals surface area contributed by atoms with Crippen molar-refractivity contribution in [2.24, 2.45) is 0 Å². The summed E-state index contributed by atoms with van der Waals surface area (Å²) in [7, 11) is 0. The van der Waals surface area contributed by atoms with Gasteiger partial charge in [0.25, 0.3) is 0 Å². The molecule has 4 rings (SSSR count). The van der Waals surface area contributed by atoms with Gasteiger partial charge in [-0.15, -0.1) is 24.8 Å². The van der Waals surface area contributed by atoms with Gasteiger partial charge >= 0.3 is 0 Å². The van der Waals surface area contributed by atoms with E-state index in [9.17, 15) is 4.79 Å². The predicted molar refractivity (Wildman–Crippen MR) is 119 cm³/mol. The summed E-state index contributed by atoms with van der Waals surface area (Å²) in [6.45, 7) is 4.20. The molecule has 152 valence electrons. The normalized spacial score (nSPS) is 17.8. The Morgan fingerprint density at radius 1 is 1.00 bits per heavy atom. The van der Waals surface area contributed by atoms with Crippen LogP contribution in [0.3, 0.4) is 0 Å². The Morgan fingerprint density at radius 2 is 1.57 bits per heavy atom. The molecule has 0 spiro atoms. The fourth-order valence-electron chi connectivity index (χ4n) is 4.16. The van der Waals surface area contributed by atoms with Crippen LogP contribution in [0.5, 0.6) is 0 Å². The summed E-state index contributed by atoms with van der Waals surface area (Å²) in [4.78, 5) is 15.8. The molecular formula is C21H26Cl3N3O. The maximum absolute atomic E-state index is 13.4. The molecule has 1 amide bonds. The molecule has 1 aliphatic carbocycles. The molecule has 2 aliphatic rings. The topological polar surface area (TPSA) is 44.4 Å². The summed E-state index contributed by atoms with van der Waals surface area (Å²) in [6.07, 6.45) is 1.57. The average molecular weight is 443 g/mol. The van der Waals surface area contributed by atoms with E-state index in [-0.39, 0.29) is 30.7 Å². The summed E-state index contributed by atoms with van der Waals surface area (Å²) in [5.74, 6) is 0.130. The van der Waals surface area contributed by atoms with Gasteiger partial charge in [-0.05, 0) is 28.8 Å². The minimum Gasteiger partial charge on any atom is -0.350 e. The lowest BCUT2D eigenvalue weighted by Crippen LogP contribution is -2.63. The van der Waals surface area contributed by atoms with E-state index >= 15 is 0 Å². The molecule has 28 heavy (non-hydrogen) atoms. The molecule has 2 aromatic carbocycles. The summed E-state index contributed by atoms with van der Waals surface area (Å²) >= 11 is 5.95. The number of hydrogen-bond donors (Lipinski definition) is 2. The monoisotopic (exact) mass is 441 g/mol. The lowest BCUT2D eigenvalue weighted by Gasteiger charge is -2.42. The molecule has 7 heteroatoms. The van der Waals surface area contributed by atoms with E-state index in [1.54, 1.807) is 0 Å². The molecule has 2 aromatic rings. The number of halogens is 3. The van der Waals surface area contributed by atoms with Gasteiger partial charge in [0.1, 0.15) is 5.54 Å². The maximum Gasteiger partial charge on any atom is 0.241 e. The van der Waals surface area contributed by atoms with Gasteiger partial charge in [-0.2, -0.15) is 0 Å². The van der Waals surface area contributed by atoms with Crippen molar-refractivity contribution < 1.29 is 4.79 Å². The third-order valence-corrected chi connectivity index (χ3v) is 5.85. The van der Waals surface area contributed by atoms with Crippen molar-refractivity contribution in [1.82, 2.24) is 15.5 Å². The third kappa shape index (κ3) is 4.64. The second-order valence-corrected chi connectivity index (χ2v) is 7.64. The maximum atomic E-state index is 13.4. The molecule has 1 aliphatic heterocycles. The fourth-order valence-corrected chi connectivity index (χ4v) is 4.29. The minimum atomic E-state index is -0.474. The average Bonchev–Trinajstić information content (AvgIpc) is 3.09. The van der Waals surface area contributed by atoms with Gasteiger partial charge in [0.15, 0.2) is 0 Å². The van der Waals surface area contributed by atoms with Gasteiger partial charge in [0, 0.05) is 50.6 Å². The van der Waals surface area contributed by atoms with Crippen molar-refractivity contribution in [1.29, 1.82) is 0 Å². The first-order valence-corrected chi connectivity index (χ1v) is 9.60. The molecule has 0 radical (unpaired) electrons. The van der Waals surface area contributed by atoms with Crippen molar-refractivity contribution >= 4 is 42.3 Å². The van der Waals surface area contributed by atoms with E-state index in [0.29, 0.717) is 11.6 Å². The van der Waals surface area contributed by atoms with E-state index in [0.717, 1.165) is 44.6 Å². The minimum absolute atomic E-state index is 0. The molecule has 0 unspecified atom stereocenters. The van der Waals surface area contributed by atoms with E-state index < -0.39 is 5.54 Å². The van der Waals surface area contributed by atoms with E-state index in [1.807, 2.05) is 24.3 Å². The van der Waals surface area contributed by atoms with Crippen molar-refractivity contribution in [3.05, 3.63) is 70.2 Å². The van der Waals surface area contributed by atoms with Crippen LogP contribution < -0.4 is 10.6 Å². The first-order chi connectivity index (χ1) is 12.7. The van der Waals surface area contributed by atoms with Gasteiger partial charge < -0.3 is 10.6 Å². The zero-order valence-electron chi connectivity index (χ0n) is 15.6. The van der Waals surface area contributed by atoms with Gasteiger partial charge in [-0.1, -0.05) is 48.0 Å². The Morgan fingerprint density at radius 3 is 2.14 bits per heavy atom. The Kier molecular flexibility index (Phi) is 8.17. The van der Waals surface area contributed by atoms with Crippen LogP contribution in [0.1, 0.15) is 16.7 Å². The molecule has 1 fully saturated rings. The van der Waals surface area contributed by atoms with Crippen molar-refractivity contribution in [2.45, 2.75) is 24.9 Å². The van der Waals surface area contributed by atoms with Crippen LogP contribution in [0.2, 0.25) is 5.02 Å². The highest BCUT2D eigenvalue weighted by Crippen LogP contribution is 2.35. The lowest BCUT2D eigenvalue weighted by molar-refractivity contribution is -0.134. The van der Waals surface area contributed by atoms with Gasteiger partial charge in [-0.3, -0.25) is 9.69 Å². The standard InChI is InChI=1S/C21H24ClN3O.2ClH/c22-19-7-5-16(6-8-19)15-24-20(26)21(25-11-9-23-10-12-25)13-17-3-1-2-4-18(17)14-21;;/h1-8,23H,9-15H2,(H,24,26);2*1H. The molecule has 0 bridgehead atoms. The van der Waals surface area contributed by atoms with Crippen LogP contribution in [0.4, 0.5) is 0 Å². The summed E-state index contributed by atoms with van der Waals surface area (Å²) < 4.78 is 0. The van der Waals surface area contributed by atoms with Crippen LogP contribution in [-0.2, 0) is 24.2 Å². The Hall–Kier alpha value is -1.30. The fraction of sp³-hybridized carbons (Fsp3) is 0.381. The summed E-state index contributed by atoms with van der Waals surface area (Å²) in [5, 5.41) is 7.29. The first kappa shape index (κ1) is 23.0. The highest BCUT2D eigenvalue weighted by molar-refractivity contribution is 6.30. The zero-order chi connectivity index (χ0) is 18.0. The summed E-state index contributed by atoms with van der Waals surface area (Å²) in [6, 6.07) is 16.1. The first-order valence-electron chi connectivity index (χ1n) is 9.23. The summed E-state index contributed by atoms with van der Waals surface area (Å²) in [5.41, 5.74) is 3.19. The van der Waals surface area contributed by atoms with Crippen LogP contribution in [0.15, 0.2) is 48.5 Å². The van der Waals surface area contributed by atoms with Crippen molar-refractivity contribution in [3.8, 4) is 0 Å². The Labute approximate surface area is 183 Å². The second kappa shape index (κ2) is 9.95. The number of carbonyl (C=O) groups is 1. The van der Waals surface area contributed by atoms with Crippen molar-refractivity contribution in [3.63, 3.8) is 0 Å². The quantitative estimate of drug-likeness (QED) is 0.764. The predicted octanol–water partition coefficient (Wildman–Crippen LogP) is 3.24. The number of nitrogens with zero attached hydrogens (tertiary/aromatic N) is 1. The number of fused-ring (bicyclic) bond motifs is 1. The number of piperazine rings is 1. The SMILES string of the molecule is Cl.Cl.O=C(NCc1ccc(Cl)cc1)C1(N2CCNCC2)Cc2ccccc2C1. The zero-order valence-corrected chi connectivity index (χ0v) is 18.0. The molecule has 0 atom stereocenters. The number of nitrogens with one attached hydrogen (secondary N) is 2.